The minimum atomic E-state index is -0.248. The zero-order chi connectivity index (χ0) is 21.6. The zero-order valence-electron chi connectivity index (χ0n) is 17.3. The molecular weight excluding hydrogens is 398 g/mol. The summed E-state index contributed by atoms with van der Waals surface area (Å²) in [5, 5.41) is 2.89. The van der Waals surface area contributed by atoms with Crippen LogP contribution in [0, 0.1) is 0 Å². The fraction of sp³-hybridized carbons (Fsp3) is 0.208. The topological polar surface area (TPSA) is 75.3 Å². The predicted octanol–water partition coefficient (Wildman–Crippen LogP) is 4.31. The standard InChI is InChI=1S/C24H23NO6/c1-27-19-4-3-5-20(14-19)31-15-17-12-16(6-8-21(17)28-2)24(26)25-18-7-9-22-23(13-18)30-11-10-29-22/h3-9,12-14H,10-11,15H2,1-2H3,(H,25,26). The van der Waals surface area contributed by atoms with Crippen molar-refractivity contribution in [3.8, 4) is 28.7 Å². The Bertz CT molecular complexity index is 1080. The summed E-state index contributed by atoms with van der Waals surface area (Å²) in [6, 6.07) is 17.9. The van der Waals surface area contributed by atoms with Crippen molar-refractivity contribution < 1.29 is 28.5 Å². The van der Waals surface area contributed by atoms with Gasteiger partial charge in [-0.25, -0.2) is 0 Å². The lowest BCUT2D eigenvalue weighted by Crippen LogP contribution is -2.16. The average Bonchev–Trinajstić information content (AvgIpc) is 2.82. The molecule has 0 aliphatic carbocycles. The number of amides is 1. The Morgan fingerprint density at radius 3 is 2.52 bits per heavy atom. The second-order valence-electron chi connectivity index (χ2n) is 6.81. The molecule has 0 unspecified atom stereocenters. The van der Waals surface area contributed by atoms with E-state index in [1.54, 1.807) is 56.7 Å². The van der Waals surface area contributed by atoms with Crippen LogP contribution in [0.4, 0.5) is 5.69 Å². The number of carbonyl (C=O) groups excluding carboxylic acids is 1. The average molecular weight is 421 g/mol. The van der Waals surface area contributed by atoms with Crippen LogP contribution in [-0.2, 0) is 6.61 Å². The number of methoxy groups -OCH3 is 2. The van der Waals surface area contributed by atoms with Crippen molar-refractivity contribution in [2.24, 2.45) is 0 Å². The molecule has 3 aromatic carbocycles. The molecule has 7 nitrogen and oxygen atoms in total. The van der Waals surface area contributed by atoms with Crippen LogP contribution < -0.4 is 29.0 Å². The van der Waals surface area contributed by atoms with Gasteiger partial charge in [0.05, 0.1) is 14.2 Å². The minimum Gasteiger partial charge on any atom is -0.497 e. The predicted molar refractivity (Wildman–Crippen MR) is 116 cm³/mol. The van der Waals surface area contributed by atoms with Crippen LogP contribution in [0.15, 0.2) is 60.7 Å². The summed E-state index contributed by atoms with van der Waals surface area (Å²) in [5.41, 5.74) is 1.86. The summed E-state index contributed by atoms with van der Waals surface area (Å²) >= 11 is 0. The van der Waals surface area contributed by atoms with Gasteiger partial charge >= 0.3 is 0 Å². The van der Waals surface area contributed by atoms with E-state index in [2.05, 4.69) is 5.32 Å². The number of rotatable bonds is 7. The summed E-state index contributed by atoms with van der Waals surface area (Å²) in [4.78, 5) is 12.8. The molecule has 1 amide bonds. The minimum absolute atomic E-state index is 0.238. The largest absolute Gasteiger partial charge is 0.497 e. The molecule has 1 heterocycles. The highest BCUT2D eigenvalue weighted by Crippen LogP contribution is 2.33. The van der Waals surface area contributed by atoms with Crippen molar-refractivity contribution in [1.29, 1.82) is 0 Å². The van der Waals surface area contributed by atoms with Gasteiger partial charge in [-0.3, -0.25) is 4.79 Å². The second kappa shape index (κ2) is 9.30. The third kappa shape index (κ3) is 4.83. The highest BCUT2D eigenvalue weighted by molar-refractivity contribution is 6.04. The van der Waals surface area contributed by atoms with Crippen LogP contribution in [0.2, 0.25) is 0 Å². The van der Waals surface area contributed by atoms with Gasteiger partial charge in [-0.15, -0.1) is 0 Å². The second-order valence-corrected chi connectivity index (χ2v) is 6.81. The molecule has 0 aromatic heterocycles. The van der Waals surface area contributed by atoms with Crippen LogP contribution in [0.5, 0.6) is 28.7 Å². The molecule has 0 bridgehead atoms. The molecule has 0 fully saturated rings. The van der Waals surface area contributed by atoms with Crippen LogP contribution in [0.25, 0.3) is 0 Å². The third-order valence-electron chi connectivity index (χ3n) is 4.78. The number of hydrogen-bond donors (Lipinski definition) is 1. The SMILES string of the molecule is COc1cccc(OCc2cc(C(=O)Nc3ccc4c(c3)OCCO4)ccc2OC)c1. The Morgan fingerprint density at radius 2 is 1.71 bits per heavy atom. The van der Waals surface area contributed by atoms with Crippen molar-refractivity contribution >= 4 is 11.6 Å². The Morgan fingerprint density at radius 1 is 0.903 bits per heavy atom. The molecule has 7 heteroatoms. The molecule has 0 radical (unpaired) electrons. The van der Waals surface area contributed by atoms with E-state index in [9.17, 15) is 4.79 Å². The molecular formula is C24H23NO6. The first kappa shape index (κ1) is 20.4. The summed E-state index contributed by atoms with van der Waals surface area (Å²) in [6.45, 7) is 1.24. The first-order valence-electron chi connectivity index (χ1n) is 9.81. The lowest BCUT2D eigenvalue weighted by molar-refractivity contribution is 0.102. The van der Waals surface area contributed by atoms with Crippen LogP contribution in [-0.4, -0.2) is 33.3 Å². The number of fused-ring (bicyclic) bond motifs is 1. The Balaban J connectivity index is 1.48. The van der Waals surface area contributed by atoms with E-state index in [1.807, 2.05) is 18.2 Å². The lowest BCUT2D eigenvalue weighted by atomic mass is 10.1. The highest BCUT2D eigenvalue weighted by Gasteiger charge is 2.15. The number of ether oxygens (including phenoxy) is 5. The quantitative estimate of drug-likeness (QED) is 0.613. The van der Waals surface area contributed by atoms with Crippen LogP contribution in [0.3, 0.4) is 0 Å². The molecule has 160 valence electrons. The Labute approximate surface area is 180 Å². The molecule has 0 saturated heterocycles. The molecule has 0 atom stereocenters. The molecule has 3 aromatic rings. The van der Waals surface area contributed by atoms with Gasteiger partial charge in [0.2, 0.25) is 0 Å². The van der Waals surface area contributed by atoms with E-state index in [0.29, 0.717) is 53.2 Å². The summed E-state index contributed by atoms with van der Waals surface area (Å²) < 4.78 is 27.6. The van der Waals surface area contributed by atoms with Crippen molar-refractivity contribution in [2.45, 2.75) is 6.61 Å². The van der Waals surface area contributed by atoms with Gasteiger partial charge < -0.3 is 29.0 Å². The third-order valence-corrected chi connectivity index (χ3v) is 4.78. The maximum Gasteiger partial charge on any atom is 0.255 e. The molecule has 31 heavy (non-hydrogen) atoms. The van der Waals surface area contributed by atoms with Crippen molar-refractivity contribution in [3.63, 3.8) is 0 Å². The van der Waals surface area contributed by atoms with Gasteiger partial charge in [-0.05, 0) is 42.5 Å². The normalized spacial score (nSPS) is 12.1. The highest BCUT2D eigenvalue weighted by atomic mass is 16.6. The number of hydrogen-bond acceptors (Lipinski definition) is 6. The Hall–Kier alpha value is -3.87. The van der Waals surface area contributed by atoms with Crippen LogP contribution >= 0.6 is 0 Å². The zero-order valence-corrected chi connectivity index (χ0v) is 17.3. The molecule has 0 spiro atoms. The maximum atomic E-state index is 12.8. The van der Waals surface area contributed by atoms with E-state index in [1.165, 1.54) is 0 Å². The van der Waals surface area contributed by atoms with Crippen molar-refractivity contribution in [2.75, 3.05) is 32.8 Å². The summed E-state index contributed by atoms with van der Waals surface area (Å²) in [7, 11) is 3.19. The van der Waals surface area contributed by atoms with E-state index >= 15 is 0 Å². The molecule has 4 rings (SSSR count). The van der Waals surface area contributed by atoms with Gasteiger partial charge in [-0.2, -0.15) is 0 Å². The van der Waals surface area contributed by atoms with Gasteiger partial charge in [-0.1, -0.05) is 6.07 Å². The molecule has 0 saturated carbocycles. The van der Waals surface area contributed by atoms with Crippen molar-refractivity contribution in [3.05, 3.63) is 71.8 Å². The summed E-state index contributed by atoms with van der Waals surface area (Å²) in [5.74, 6) is 3.04. The number of benzene rings is 3. The van der Waals surface area contributed by atoms with Gasteiger partial charge in [0.1, 0.15) is 37.1 Å². The Kier molecular flexibility index (Phi) is 6.12. The van der Waals surface area contributed by atoms with Gasteiger partial charge in [0, 0.05) is 28.9 Å². The van der Waals surface area contributed by atoms with E-state index in [-0.39, 0.29) is 12.5 Å². The molecule has 1 N–H and O–H groups in total. The fourth-order valence-corrected chi connectivity index (χ4v) is 3.21. The number of anilines is 1. The van der Waals surface area contributed by atoms with E-state index in [0.717, 1.165) is 5.56 Å². The van der Waals surface area contributed by atoms with E-state index < -0.39 is 0 Å². The first-order valence-corrected chi connectivity index (χ1v) is 9.81. The summed E-state index contributed by atoms with van der Waals surface area (Å²) in [6.07, 6.45) is 0. The maximum absolute atomic E-state index is 12.8. The first-order chi connectivity index (χ1) is 15.2. The van der Waals surface area contributed by atoms with Gasteiger partial charge in [0.25, 0.3) is 5.91 Å². The molecule has 1 aliphatic heterocycles. The number of carbonyl (C=O) groups is 1. The fourth-order valence-electron chi connectivity index (χ4n) is 3.21. The van der Waals surface area contributed by atoms with Crippen LogP contribution in [0.1, 0.15) is 15.9 Å². The van der Waals surface area contributed by atoms with Crippen molar-refractivity contribution in [1.82, 2.24) is 0 Å². The van der Waals surface area contributed by atoms with Gasteiger partial charge in [0.15, 0.2) is 11.5 Å². The lowest BCUT2D eigenvalue weighted by Gasteiger charge is -2.19. The molecule has 1 aliphatic rings. The smallest absolute Gasteiger partial charge is 0.255 e. The van der Waals surface area contributed by atoms with E-state index in [4.69, 9.17) is 23.7 Å². The number of nitrogens with one attached hydrogen (secondary N) is 1. The monoisotopic (exact) mass is 421 g/mol.